The van der Waals surface area contributed by atoms with Crippen molar-refractivity contribution in [2.75, 3.05) is 12.4 Å². The van der Waals surface area contributed by atoms with Crippen LogP contribution in [0, 0.1) is 3.57 Å². The molecule has 0 aliphatic rings. The van der Waals surface area contributed by atoms with Gasteiger partial charge < -0.3 is 10.1 Å². The minimum absolute atomic E-state index is 0.479. The molecular formula is C16H11Cl2IN2O. The molecule has 0 aliphatic heterocycles. The molecule has 0 amide bonds. The summed E-state index contributed by atoms with van der Waals surface area (Å²) in [7, 11) is 1.57. The number of benzene rings is 2. The Bertz CT molecular complexity index is 855. The van der Waals surface area contributed by atoms with E-state index in [1.807, 2.05) is 24.3 Å². The second kappa shape index (κ2) is 6.48. The Labute approximate surface area is 151 Å². The van der Waals surface area contributed by atoms with Crippen molar-refractivity contribution >= 4 is 68.1 Å². The van der Waals surface area contributed by atoms with Crippen LogP contribution in [-0.2, 0) is 0 Å². The molecule has 0 fully saturated rings. The number of hydrogen-bond acceptors (Lipinski definition) is 3. The molecule has 112 valence electrons. The zero-order valence-corrected chi connectivity index (χ0v) is 15.2. The number of halogens is 3. The number of methoxy groups -OCH3 is 1. The van der Waals surface area contributed by atoms with Gasteiger partial charge in [-0.25, -0.2) is 0 Å². The number of fused-ring (bicyclic) bond motifs is 1. The van der Waals surface area contributed by atoms with Crippen LogP contribution in [0.3, 0.4) is 0 Å². The Morgan fingerprint density at radius 3 is 2.64 bits per heavy atom. The third-order valence-corrected chi connectivity index (χ3v) is 4.49. The van der Waals surface area contributed by atoms with Crippen LogP contribution in [0.5, 0.6) is 5.75 Å². The normalized spacial score (nSPS) is 10.7. The van der Waals surface area contributed by atoms with E-state index in [0.717, 1.165) is 25.8 Å². The molecule has 0 spiro atoms. The number of hydrogen-bond donors (Lipinski definition) is 1. The van der Waals surface area contributed by atoms with Crippen LogP contribution >= 0.6 is 45.8 Å². The Morgan fingerprint density at radius 2 is 1.86 bits per heavy atom. The van der Waals surface area contributed by atoms with Gasteiger partial charge in [-0.1, -0.05) is 23.2 Å². The molecule has 1 aromatic heterocycles. The maximum Gasteiger partial charge on any atom is 0.139 e. The average molecular weight is 445 g/mol. The highest BCUT2D eigenvalue weighted by Crippen LogP contribution is 2.36. The summed E-state index contributed by atoms with van der Waals surface area (Å²) < 4.78 is 6.38. The molecule has 1 heterocycles. The molecule has 0 unspecified atom stereocenters. The van der Waals surface area contributed by atoms with Gasteiger partial charge in [-0.2, -0.15) is 0 Å². The van der Waals surface area contributed by atoms with Crippen molar-refractivity contribution in [3.63, 3.8) is 0 Å². The summed E-state index contributed by atoms with van der Waals surface area (Å²) in [6, 6.07) is 11.5. The van der Waals surface area contributed by atoms with E-state index >= 15 is 0 Å². The molecular weight excluding hydrogens is 434 g/mol. The third kappa shape index (κ3) is 3.09. The summed E-state index contributed by atoms with van der Waals surface area (Å²) in [5.41, 5.74) is 2.58. The lowest BCUT2D eigenvalue weighted by atomic mass is 10.2. The molecule has 0 aliphatic carbocycles. The number of rotatable bonds is 3. The van der Waals surface area contributed by atoms with Crippen LogP contribution in [0.2, 0.25) is 10.0 Å². The Kier molecular flexibility index (Phi) is 4.61. The average Bonchev–Trinajstić information content (AvgIpc) is 2.49. The van der Waals surface area contributed by atoms with Crippen molar-refractivity contribution in [1.82, 2.24) is 4.98 Å². The fourth-order valence-electron chi connectivity index (χ4n) is 2.16. The second-order valence-corrected chi connectivity index (χ2v) is 6.67. The highest BCUT2D eigenvalue weighted by molar-refractivity contribution is 14.1. The third-order valence-electron chi connectivity index (χ3n) is 3.22. The van der Waals surface area contributed by atoms with Crippen LogP contribution in [0.25, 0.3) is 10.9 Å². The van der Waals surface area contributed by atoms with E-state index in [1.54, 1.807) is 25.4 Å². The van der Waals surface area contributed by atoms with E-state index in [2.05, 4.69) is 32.9 Å². The smallest absolute Gasteiger partial charge is 0.139 e. The van der Waals surface area contributed by atoms with Gasteiger partial charge in [0.15, 0.2) is 0 Å². The predicted molar refractivity (Wildman–Crippen MR) is 101 cm³/mol. The number of anilines is 2. The Balaban J connectivity index is 2.07. The highest BCUT2D eigenvalue weighted by atomic mass is 127. The van der Waals surface area contributed by atoms with Gasteiger partial charge in [0.25, 0.3) is 0 Å². The van der Waals surface area contributed by atoms with Gasteiger partial charge in [-0.15, -0.1) is 0 Å². The number of nitrogens with zero attached hydrogens (tertiary/aromatic N) is 1. The summed E-state index contributed by atoms with van der Waals surface area (Å²) in [5, 5.41) is 5.35. The van der Waals surface area contributed by atoms with Crippen molar-refractivity contribution in [1.29, 1.82) is 0 Å². The van der Waals surface area contributed by atoms with E-state index < -0.39 is 0 Å². The van der Waals surface area contributed by atoms with Gasteiger partial charge in [0.2, 0.25) is 0 Å². The summed E-state index contributed by atoms with van der Waals surface area (Å²) in [6.45, 7) is 0. The summed E-state index contributed by atoms with van der Waals surface area (Å²) in [4.78, 5) is 4.39. The highest BCUT2D eigenvalue weighted by Gasteiger charge is 2.10. The largest absolute Gasteiger partial charge is 0.495 e. The quantitative estimate of drug-likeness (QED) is 0.510. The van der Waals surface area contributed by atoms with Gasteiger partial charge in [0.05, 0.1) is 28.4 Å². The van der Waals surface area contributed by atoms with Crippen molar-refractivity contribution in [2.24, 2.45) is 0 Å². The van der Waals surface area contributed by atoms with Gasteiger partial charge >= 0.3 is 0 Å². The zero-order valence-electron chi connectivity index (χ0n) is 11.5. The molecule has 22 heavy (non-hydrogen) atoms. The number of aromatic nitrogens is 1. The van der Waals surface area contributed by atoms with Crippen LogP contribution in [0.4, 0.5) is 11.4 Å². The monoisotopic (exact) mass is 444 g/mol. The van der Waals surface area contributed by atoms with Crippen molar-refractivity contribution in [2.45, 2.75) is 0 Å². The lowest BCUT2D eigenvalue weighted by Crippen LogP contribution is -1.95. The molecule has 3 rings (SSSR count). The SMILES string of the molecule is COc1cc(Nc2ccnc3cc(I)ccc23)c(Cl)cc1Cl. The Hall–Kier alpha value is -1.24. The summed E-state index contributed by atoms with van der Waals surface area (Å²) in [6.07, 6.45) is 1.77. The summed E-state index contributed by atoms with van der Waals surface area (Å²) in [5.74, 6) is 0.571. The minimum Gasteiger partial charge on any atom is -0.495 e. The minimum atomic E-state index is 0.479. The first-order chi connectivity index (χ1) is 10.6. The Morgan fingerprint density at radius 1 is 1.05 bits per heavy atom. The van der Waals surface area contributed by atoms with E-state index in [1.165, 1.54) is 0 Å². The van der Waals surface area contributed by atoms with Crippen LogP contribution < -0.4 is 10.1 Å². The number of ether oxygens (including phenoxy) is 1. The lowest BCUT2D eigenvalue weighted by Gasteiger charge is -2.13. The summed E-state index contributed by atoms with van der Waals surface area (Å²) >= 11 is 14.6. The van der Waals surface area contributed by atoms with Crippen molar-refractivity contribution in [3.8, 4) is 5.75 Å². The maximum absolute atomic E-state index is 6.27. The molecule has 0 radical (unpaired) electrons. The molecule has 0 saturated heterocycles. The van der Waals surface area contributed by atoms with Gasteiger partial charge in [-0.05, 0) is 52.9 Å². The van der Waals surface area contributed by atoms with Crippen LogP contribution in [0.1, 0.15) is 0 Å². The predicted octanol–water partition coefficient (Wildman–Crippen LogP) is 5.90. The zero-order chi connectivity index (χ0) is 15.7. The van der Waals surface area contributed by atoms with Gasteiger partial charge in [0, 0.05) is 26.9 Å². The van der Waals surface area contributed by atoms with E-state index in [4.69, 9.17) is 27.9 Å². The number of nitrogens with one attached hydrogen (secondary N) is 1. The van der Waals surface area contributed by atoms with E-state index in [0.29, 0.717) is 15.8 Å². The standard InChI is InChI=1S/C16H11Cl2IN2O/c1-22-16-8-15(11(17)7-12(16)18)21-13-4-5-20-14-6-9(19)2-3-10(13)14/h2-8H,1H3,(H,20,21). The molecule has 0 saturated carbocycles. The van der Waals surface area contributed by atoms with E-state index in [-0.39, 0.29) is 0 Å². The van der Waals surface area contributed by atoms with Crippen molar-refractivity contribution in [3.05, 3.63) is 56.2 Å². The first kappa shape index (κ1) is 15.6. The fraction of sp³-hybridized carbons (Fsp3) is 0.0625. The van der Waals surface area contributed by atoms with Gasteiger partial charge in [-0.3, -0.25) is 4.98 Å². The molecule has 0 atom stereocenters. The molecule has 0 bridgehead atoms. The fourth-order valence-corrected chi connectivity index (χ4v) is 3.14. The molecule has 3 nitrogen and oxygen atoms in total. The van der Waals surface area contributed by atoms with E-state index in [9.17, 15) is 0 Å². The number of pyridine rings is 1. The van der Waals surface area contributed by atoms with Crippen LogP contribution in [0.15, 0.2) is 42.6 Å². The molecule has 1 N–H and O–H groups in total. The van der Waals surface area contributed by atoms with Crippen molar-refractivity contribution < 1.29 is 4.74 Å². The first-order valence-corrected chi connectivity index (χ1v) is 8.26. The molecule has 2 aromatic carbocycles. The topological polar surface area (TPSA) is 34.1 Å². The lowest BCUT2D eigenvalue weighted by molar-refractivity contribution is 0.415. The maximum atomic E-state index is 6.27. The molecule has 6 heteroatoms. The first-order valence-electron chi connectivity index (χ1n) is 6.43. The second-order valence-electron chi connectivity index (χ2n) is 4.61. The van der Waals surface area contributed by atoms with Crippen LogP contribution in [-0.4, -0.2) is 12.1 Å². The molecule has 3 aromatic rings. The van der Waals surface area contributed by atoms with Gasteiger partial charge in [0.1, 0.15) is 5.75 Å².